The second-order valence-electron chi connectivity index (χ2n) is 5.33. The molecule has 1 aliphatic carbocycles. The molecule has 5 heteroatoms. The SMILES string of the molecule is Cc1ccc(OCCCC(F)(F)F)c(CNC2CC2)c1. The quantitative estimate of drug-likeness (QED) is 0.766. The average Bonchev–Trinajstić information content (AvgIpc) is 3.16. The second kappa shape index (κ2) is 6.48. The lowest BCUT2D eigenvalue weighted by Crippen LogP contribution is -2.16. The van der Waals surface area contributed by atoms with E-state index < -0.39 is 12.6 Å². The van der Waals surface area contributed by atoms with E-state index in [-0.39, 0.29) is 13.0 Å². The van der Waals surface area contributed by atoms with Crippen molar-refractivity contribution >= 4 is 0 Å². The molecule has 2 rings (SSSR count). The molecule has 1 saturated carbocycles. The number of ether oxygens (including phenoxy) is 1. The molecule has 1 fully saturated rings. The predicted molar refractivity (Wildman–Crippen MR) is 71.8 cm³/mol. The summed E-state index contributed by atoms with van der Waals surface area (Å²) in [5.74, 6) is 0.686. The van der Waals surface area contributed by atoms with E-state index in [0.29, 0.717) is 18.3 Å². The van der Waals surface area contributed by atoms with Gasteiger partial charge in [-0.1, -0.05) is 17.7 Å². The lowest BCUT2D eigenvalue weighted by atomic mass is 10.1. The van der Waals surface area contributed by atoms with Gasteiger partial charge in [0.2, 0.25) is 0 Å². The third-order valence-electron chi connectivity index (χ3n) is 3.24. The van der Waals surface area contributed by atoms with Gasteiger partial charge in [0.25, 0.3) is 0 Å². The molecule has 1 aromatic carbocycles. The molecule has 0 amide bonds. The van der Waals surface area contributed by atoms with Crippen LogP contribution in [0.2, 0.25) is 0 Å². The van der Waals surface area contributed by atoms with Crippen molar-refractivity contribution in [2.24, 2.45) is 0 Å². The maximum atomic E-state index is 12.1. The predicted octanol–water partition coefficient (Wildman–Crippen LogP) is 3.97. The van der Waals surface area contributed by atoms with E-state index in [1.807, 2.05) is 25.1 Å². The molecule has 0 atom stereocenters. The van der Waals surface area contributed by atoms with Crippen LogP contribution in [0.1, 0.15) is 36.8 Å². The van der Waals surface area contributed by atoms with Gasteiger partial charge < -0.3 is 10.1 Å². The zero-order chi connectivity index (χ0) is 14.6. The van der Waals surface area contributed by atoms with Crippen molar-refractivity contribution in [1.82, 2.24) is 5.32 Å². The van der Waals surface area contributed by atoms with Gasteiger partial charge in [-0.25, -0.2) is 0 Å². The highest BCUT2D eigenvalue weighted by molar-refractivity contribution is 5.37. The molecule has 1 aliphatic rings. The Morgan fingerprint density at radius 1 is 1.30 bits per heavy atom. The van der Waals surface area contributed by atoms with Gasteiger partial charge in [-0.15, -0.1) is 0 Å². The van der Waals surface area contributed by atoms with Crippen LogP contribution < -0.4 is 10.1 Å². The minimum atomic E-state index is -4.10. The third kappa shape index (κ3) is 5.41. The molecule has 0 spiro atoms. The monoisotopic (exact) mass is 287 g/mol. The maximum Gasteiger partial charge on any atom is 0.389 e. The average molecular weight is 287 g/mol. The molecule has 0 unspecified atom stereocenters. The van der Waals surface area contributed by atoms with Crippen molar-refractivity contribution in [3.63, 3.8) is 0 Å². The van der Waals surface area contributed by atoms with Gasteiger partial charge >= 0.3 is 6.18 Å². The first-order chi connectivity index (χ1) is 9.44. The largest absolute Gasteiger partial charge is 0.493 e. The number of nitrogens with one attached hydrogen (secondary N) is 1. The summed E-state index contributed by atoms with van der Waals surface area (Å²) in [5, 5.41) is 3.40. The van der Waals surface area contributed by atoms with Gasteiger partial charge in [-0.3, -0.25) is 0 Å². The van der Waals surface area contributed by atoms with Gasteiger partial charge in [0, 0.05) is 24.6 Å². The minimum Gasteiger partial charge on any atom is -0.493 e. The van der Waals surface area contributed by atoms with Gasteiger partial charge in [0.05, 0.1) is 6.61 Å². The summed E-state index contributed by atoms with van der Waals surface area (Å²) in [6, 6.07) is 6.37. The number of benzene rings is 1. The smallest absolute Gasteiger partial charge is 0.389 e. The number of alkyl halides is 3. The zero-order valence-corrected chi connectivity index (χ0v) is 11.6. The van der Waals surface area contributed by atoms with E-state index >= 15 is 0 Å². The highest BCUT2D eigenvalue weighted by atomic mass is 19.4. The Kier molecular flexibility index (Phi) is 4.91. The van der Waals surface area contributed by atoms with Crippen molar-refractivity contribution in [3.8, 4) is 5.75 Å². The number of rotatable bonds is 7. The third-order valence-corrected chi connectivity index (χ3v) is 3.24. The first-order valence-electron chi connectivity index (χ1n) is 6.96. The van der Waals surface area contributed by atoms with Crippen LogP contribution in [0.25, 0.3) is 0 Å². The van der Waals surface area contributed by atoms with Gasteiger partial charge in [0.1, 0.15) is 5.75 Å². The molecule has 112 valence electrons. The Labute approximate surface area is 117 Å². The van der Waals surface area contributed by atoms with E-state index in [2.05, 4.69) is 5.32 Å². The fraction of sp³-hybridized carbons (Fsp3) is 0.600. The zero-order valence-electron chi connectivity index (χ0n) is 11.6. The Bertz CT molecular complexity index is 441. The number of hydrogen-bond donors (Lipinski definition) is 1. The van der Waals surface area contributed by atoms with Crippen LogP contribution in [0, 0.1) is 6.92 Å². The van der Waals surface area contributed by atoms with Crippen molar-refractivity contribution < 1.29 is 17.9 Å². The fourth-order valence-electron chi connectivity index (χ4n) is 1.98. The molecule has 1 aromatic rings. The topological polar surface area (TPSA) is 21.3 Å². The normalized spacial score (nSPS) is 15.4. The molecular formula is C15H20F3NO. The van der Waals surface area contributed by atoms with Crippen LogP contribution >= 0.6 is 0 Å². The Hall–Kier alpha value is -1.23. The lowest BCUT2D eigenvalue weighted by molar-refractivity contribution is -0.136. The highest BCUT2D eigenvalue weighted by Crippen LogP contribution is 2.25. The molecule has 0 saturated heterocycles. The van der Waals surface area contributed by atoms with Crippen LogP contribution in [0.4, 0.5) is 13.2 Å². The second-order valence-corrected chi connectivity index (χ2v) is 5.33. The maximum absolute atomic E-state index is 12.1. The van der Waals surface area contributed by atoms with Crippen molar-refractivity contribution in [2.45, 2.75) is 51.4 Å². The van der Waals surface area contributed by atoms with E-state index in [1.165, 1.54) is 12.8 Å². The van der Waals surface area contributed by atoms with Gasteiger partial charge in [-0.05, 0) is 32.3 Å². The summed E-state index contributed by atoms with van der Waals surface area (Å²) in [7, 11) is 0. The molecule has 0 bridgehead atoms. The van der Waals surface area contributed by atoms with Crippen molar-refractivity contribution in [3.05, 3.63) is 29.3 Å². The van der Waals surface area contributed by atoms with Crippen LogP contribution in [0.5, 0.6) is 5.75 Å². The van der Waals surface area contributed by atoms with Crippen LogP contribution in [0.15, 0.2) is 18.2 Å². The molecular weight excluding hydrogens is 267 g/mol. The Morgan fingerprint density at radius 2 is 2.05 bits per heavy atom. The summed E-state index contributed by atoms with van der Waals surface area (Å²) in [4.78, 5) is 0. The molecule has 1 N–H and O–H groups in total. The fourth-order valence-corrected chi connectivity index (χ4v) is 1.98. The van der Waals surface area contributed by atoms with Crippen molar-refractivity contribution in [2.75, 3.05) is 6.61 Å². The van der Waals surface area contributed by atoms with E-state index in [9.17, 15) is 13.2 Å². The first-order valence-corrected chi connectivity index (χ1v) is 6.96. The summed E-state index contributed by atoms with van der Waals surface area (Å²) in [6.45, 7) is 2.80. The van der Waals surface area contributed by atoms with E-state index in [4.69, 9.17) is 4.74 Å². The van der Waals surface area contributed by atoms with E-state index in [1.54, 1.807) is 0 Å². The molecule has 0 aliphatic heterocycles. The van der Waals surface area contributed by atoms with Gasteiger partial charge in [0.15, 0.2) is 0 Å². The minimum absolute atomic E-state index is 0.00707. The van der Waals surface area contributed by atoms with Gasteiger partial charge in [-0.2, -0.15) is 13.2 Å². The van der Waals surface area contributed by atoms with E-state index in [0.717, 1.165) is 11.1 Å². The standard InChI is InChI=1S/C15H20F3NO/c1-11-3-6-14(20-8-2-7-15(16,17)18)12(9-11)10-19-13-4-5-13/h3,6,9,13,19H,2,4-5,7-8,10H2,1H3. The highest BCUT2D eigenvalue weighted by Gasteiger charge is 2.26. The summed E-state index contributed by atoms with van der Waals surface area (Å²) in [6.07, 6.45) is -2.50. The molecule has 0 radical (unpaired) electrons. The number of halogens is 3. The Balaban J connectivity index is 1.85. The van der Waals surface area contributed by atoms with Crippen LogP contribution in [-0.4, -0.2) is 18.8 Å². The molecule has 20 heavy (non-hydrogen) atoms. The van der Waals surface area contributed by atoms with Crippen LogP contribution in [0.3, 0.4) is 0 Å². The molecule has 2 nitrogen and oxygen atoms in total. The molecule has 0 aromatic heterocycles. The summed E-state index contributed by atoms with van der Waals surface area (Å²) >= 11 is 0. The van der Waals surface area contributed by atoms with Crippen molar-refractivity contribution in [1.29, 1.82) is 0 Å². The number of aryl methyl sites for hydroxylation is 1. The summed E-state index contributed by atoms with van der Waals surface area (Å²) in [5.41, 5.74) is 2.14. The first kappa shape index (κ1) is 15.2. The summed E-state index contributed by atoms with van der Waals surface area (Å²) < 4.78 is 41.7. The number of hydrogen-bond acceptors (Lipinski definition) is 2. The Morgan fingerprint density at radius 3 is 2.70 bits per heavy atom. The lowest BCUT2D eigenvalue weighted by Gasteiger charge is -2.13. The van der Waals surface area contributed by atoms with Crippen LogP contribution in [-0.2, 0) is 6.54 Å². The molecule has 0 heterocycles.